The van der Waals surface area contributed by atoms with Crippen molar-refractivity contribution in [2.24, 2.45) is 0 Å². The van der Waals surface area contributed by atoms with Crippen LogP contribution in [-0.4, -0.2) is 23.2 Å². The van der Waals surface area contributed by atoms with Crippen molar-refractivity contribution in [1.29, 1.82) is 0 Å². The summed E-state index contributed by atoms with van der Waals surface area (Å²) in [5.74, 6) is -0.673. The molecule has 0 atom stereocenters. The summed E-state index contributed by atoms with van der Waals surface area (Å²) in [7, 11) is 0. The highest BCUT2D eigenvalue weighted by atomic mass is 32.1. The van der Waals surface area contributed by atoms with E-state index in [0.717, 1.165) is 36.2 Å². The maximum Gasteiger partial charge on any atom is 0.259 e. The number of benzene rings is 4. The van der Waals surface area contributed by atoms with Gasteiger partial charge in [0.1, 0.15) is 0 Å². The summed E-state index contributed by atoms with van der Waals surface area (Å²) < 4.78 is 0. The van der Waals surface area contributed by atoms with Crippen LogP contribution in [0.4, 0.5) is 11.4 Å². The molecule has 3 aliphatic rings. The molecule has 0 radical (unpaired) electrons. The SMILES string of the molecule is CCCCN1c2ccccc2C2(c3ccccc3-c3ccccc32)c2cc(/C=C3\C(=O)CC(=S)NC3=O)ccc21. The van der Waals surface area contributed by atoms with Crippen LogP contribution >= 0.6 is 12.2 Å². The van der Waals surface area contributed by atoms with Gasteiger partial charge in [-0.3, -0.25) is 9.59 Å². The molecule has 196 valence electrons. The lowest BCUT2D eigenvalue weighted by Gasteiger charge is -2.45. The molecule has 1 amide bonds. The number of fused-ring (bicyclic) bond motifs is 9. The van der Waals surface area contributed by atoms with Crippen LogP contribution in [0.3, 0.4) is 0 Å². The highest BCUT2D eigenvalue weighted by Gasteiger charge is 2.51. The molecule has 40 heavy (non-hydrogen) atoms. The van der Waals surface area contributed by atoms with E-state index in [-0.39, 0.29) is 22.8 Å². The maximum atomic E-state index is 12.8. The number of nitrogens with one attached hydrogen (secondary N) is 1. The first-order valence-electron chi connectivity index (χ1n) is 13.8. The fourth-order valence-corrected chi connectivity index (χ4v) is 7.00. The molecule has 4 aromatic carbocycles. The number of Topliss-reactive ketones (excluding diaryl/α,β-unsaturated/α-hetero) is 1. The number of thiocarbonyl (C=S) groups is 1. The van der Waals surface area contributed by atoms with E-state index in [0.29, 0.717) is 0 Å². The van der Waals surface area contributed by atoms with Crippen molar-refractivity contribution in [2.75, 3.05) is 11.4 Å². The Hall–Kier alpha value is -4.35. The normalized spacial score (nSPS) is 17.4. The Labute approximate surface area is 239 Å². The zero-order valence-electron chi connectivity index (χ0n) is 22.2. The standard InChI is InChI=1S/C35H28N2O2S/c1-2-3-18-37-30-15-9-8-14-28(30)35(26-12-6-4-10-23(26)24-11-5-7-13-27(24)35)29-20-22(16-17-31(29)37)19-25-32(38)21-33(40)36-34(25)39/h4-17,19-20H,2-3,18,21H2,1H3,(H,36,39,40)/b25-19+. The number of rotatable bonds is 4. The van der Waals surface area contributed by atoms with E-state index in [1.54, 1.807) is 6.08 Å². The molecule has 1 N–H and O–H groups in total. The van der Waals surface area contributed by atoms with Crippen LogP contribution in [0.1, 0.15) is 54.0 Å². The lowest BCUT2D eigenvalue weighted by atomic mass is 9.64. The summed E-state index contributed by atoms with van der Waals surface area (Å²) in [6.45, 7) is 3.12. The van der Waals surface area contributed by atoms with Gasteiger partial charge < -0.3 is 10.2 Å². The smallest absolute Gasteiger partial charge is 0.259 e. The quantitative estimate of drug-likeness (QED) is 0.150. The van der Waals surface area contributed by atoms with Gasteiger partial charge in [0.25, 0.3) is 5.91 Å². The van der Waals surface area contributed by atoms with Crippen LogP contribution in [0.15, 0.2) is 96.6 Å². The first-order valence-corrected chi connectivity index (χ1v) is 14.2. The average Bonchev–Trinajstić information content (AvgIpc) is 3.26. The van der Waals surface area contributed by atoms with Crippen molar-refractivity contribution in [3.8, 4) is 11.1 Å². The highest BCUT2D eigenvalue weighted by molar-refractivity contribution is 7.80. The fourth-order valence-electron chi connectivity index (χ4n) is 6.77. The van der Waals surface area contributed by atoms with Crippen LogP contribution in [0.2, 0.25) is 0 Å². The van der Waals surface area contributed by atoms with E-state index in [4.69, 9.17) is 12.2 Å². The molecule has 7 rings (SSSR count). The largest absolute Gasteiger partial charge is 0.341 e. The molecule has 2 heterocycles. The van der Waals surface area contributed by atoms with E-state index >= 15 is 0 Å². The second-order valence-corrected chi connectivity index (χ2v) is 11.2. The zero-order chi connectivity index (χ0) is 27.4. The number of carbonyl (C=O) groups excluding carboxylic acids is 2. The molecule has 2 aliphatic heterocycles. The fraction of sp³-hybridized carbons (Fsp3) is 0.171. The van der Waals surface area contributed by atoms with E-state index < -0.39 is 11.3 Å². The molecule has 5 heteroatoms. The summed E-state index contributed by atoms with van der Waals surface area (Å²) in [5.41, 5.74) is 10.2. The van der Waals surface area contributed by atoms with E-state index in [9.17, 15) is 9.59 Å². The van der Waals surface area contributed by atoms with Crippen LogP contribution in [0.25, 0.3) is 17.2 Å². The van der Waals surface area contributed by atoms with E-state index in [1.807, 2.05) is 6.07 Å². The number of para-hydroxylation sites is 1. The minimum atomic E-state index is -0.531. The molecule has 1 fully saturated rings. The molecule has 1 aliphatic carbocycles. The molecule has 4 nitrogen and oxygen atoms in total. The number of carbonyl (C=O) groups is 2. The number of hydrogen-bond donors (Lipinski definition) is 1. The van der Waals surface area contributed by atoms with Crippen molar-refractivity contribution in [3.05, 3.63) is 124 Å². The van der Waals surface area contributed by atoms with Crippen molar-refractivity contribution >= 4 is 46.3 Å². The van der Waals surface area contributed by atoms with Gasteiger partial charge in [-0.1, -0.05) is 98.4 Å². The maximum absolute atomic E-state index is 12.8. The van der Waals surface area contributed by atoms with Gasteiger partial charge in [0.05, 0.1) is 22.4 Å². The van der Waals surface area contributed by atoms with Crippen LogP contribution in [0.5, 0.6) is 0 Å². The van der Waals surface area contributed by atoms with Gasteiger partial charge in [-0.2, -0.15) is 0 Å². The molecule has 0 unspecified atom stereocenters. The van der Waals surface area contributed by atoms with Crippen molar-refractivity contribution in [1.82, 2.24) is 5.32 Å². The number of amides is 1. The van der Waals surface area contributed by atoms with Gasteiger partial charge in [-0.15, -0.1) is 0 Å². The third kappa shape index (κ3) is 3.47. The van der Waals surface area contributed by atoms with E-state index in [2.05, 4.69) is 102 Å². The Morgan fingerprint density at radius 1 is 0.825 bits per heavy atom. The molecule has 4 aromatic rings. The average molecular weight is 541 g/mol. The van der Waals surface area contributed by atoms with Gasteiger partial charge in [0.15, 0.2) is 5.78 Å². The van der Waals surface area contributed by atoms with Gasteiger partial charge in [0.2, 0.25) is 0 Å². The summed E-state index contributed by atoms with van der Waals surface area (Å²) in [4.78, 5) is 28.2. The monoisotopic (exact) mass is 540 g/mol. The summed E-state index contributed by atoms with van der Waals surface area (Å²) in [6, 6.07) is 32.5. The highest BCUT2D eigenvalue weighted by Crippen LogP contribution is 2.62. The number of piperidine rings is 1. The number of unbranched alkanes of at least 4 members (excludes halogenated alkanes) is 1. The minimum Gasteiger partial charge on any atom is -0.341 e. The molecule has 0 aromatic heterocycles. The first kappa shape index (κ1) is 24.7. The number of anilines is 2. The van der Waals surface area contributed by atoms with Gasteiger partial charge in [0, 0.05) is 17.9 Å². The Balaban J connectivity index is 1.54. The molecule has 0 saturated carbocycles. The molecule has 1 spiro atoms. The van der Waals surface area contributed by atoms with Gasteiger partial charge in [-0.05, 0) is 69.6 Å². The molecular formula is C35H28N2O2S. The lowest BCUT2D eigenvalue weighted by Crippen LogP contribution is -2.39. The third-order valence-electron chi connectivity index (χ3n) is 8.43. The topological polar surface area (TPSA) is 49.4 Å². The Kier molecular flexibility index (Phi) is 5.79. The van der Waals surface area contributed by atoms with E-state index in [1.165, 1.54) is 33.5 Å². The summed E-state index contributed by atoms with van der Waals surface area (Å²) >= 11 is 5.10. The summed E-state index contributed by atoms with van der Waals surface area (Å²) in [5, 5.41) is 2.66. The minimum absolute atomic E-state index is 0.0563. The molecule has 1 saturated heterocycles. The number of ketones is 1. The number of hydrogen-bond acceptors (Lipinski definition) is 4. The van der Waals surface area contributed by atoms with Crippen LogP contribution in [-0.2, 0) is 15.0 Å². The van der Waals surface area contributed by atoms with Crippen LogP contribution in [0, 0.1) is 0 Å². The third-order valence-corrected chi connectivity index (χ3v) is 8.68. The predicted octanol–water partition coefficient (Wildman–Crippen LogP) is 7.10. The Bertz CT molecular complexity index is 1700. The Morgan fingerprint density at radius 3 is 2.12 bits per heavy atom. The second-order valence-electron chi connectivity index (χ2n) is 10.7. The molecule has 0 bridgehead atoms. The zero-order valence-corrected chi connectivity index (χ0v) is 23.1. The van der Waals surface area contributed by atoms with Crippen molar-refractivity contribution < 1.29 is 9.59 Å². The Morgan fingerprint density at radius 2 is 1.45 bits per heavy atom. The predicted molar refractivity (Wildman–Crippen MR) is 164 cm³/mol. The van der Waals surface area contributed by atoms with Gasteiger partial charge >= 0.3 is 0 Å². The second kappa shape index (κ2) is 9.39. The first-order chi connectivity index (χ1) is 19.5. The van der Waals surface area contributed by atoms with Gasteiger partial charge in [-0.25, -0.2) is 0 Å². The lowest BCUT2D eigenvalue weighted by molar-refractivity contribution is -0.122. The summed E-state index contributed by atoms with van der Waals surface area (Å²) in [6.07, 6.45) is 3.93. The molecular weight excluding hydrogens is 512 g/mol. The van der Waals surface area contributed by atoms with Crippen molar-refractivity contribution in [2.45, 2.75) is 31.6 Å². The van der Waals surface area contributed by atoms with Crippen molar-refractivity contribution in [3.63, 3.8) is 0 Å². The number of nitrogens with zero attached hydrogens (tertiary/aromatic N) is 1. The van der Waals surface area contributed by atoms with Crippen LogP contribution < -0.4 is 10.2 Å².